The van der Waals surface area contributed by atoms with Crippen LogP contribution in [0.15, 0.2) is 36.5 Å². The first kappa shape index (κ1) is 15.4. The maximum atomic E-state index is 5.97. The Morgan fingerprint density at radius 2 is 2.05 bits per heavy atom. The molecule has 4 heteroatoms. The summed E-state index contributed by atoms with van der Waals surface area (Å²) in [6.07, 6.45) is 3.79. The third-order valence-corrected chi connectivity index (χ3v) is 3.57. The minimum absolute atomic E-state index is 0.215. The van der Waals surface area contributed by atoms with E-state index in [0.717, 1.165) is 36.6 Å². The van der Waals surface area contributed by atoms with Gasteiger partial charge in [-0.1, -0.05) is 19.1 Å². The van der Waals surface area contributed by atoms with Crippen LogP contribution >= 0.6 is 0 Å². The molecule has 0 bridgehead atoms. The monoisotopic (exact) mass is 284 g/mol. The summed E-state index contributed by atoms with van der Waals surface area (Å²) < 4.78 is 0. The van der Waals surface area contributed by atoms with Crippen LogP contribution in [-0.2, 0) is 13.0 Å². The summed E-state index contributed by atoms with van der Waals surface area (Å²) in [5.41, 5.74) is 9.25. The van der Waals surface area contributed by atoms with Crippen LogP contribution in [-0.4, -0.2) is 23.1 Å². The van der Waals surface area contributed by atoms with E-state index in [-0.39, 0.29) is 6.04 Å². The van der Waals surface area contributed by atoms with Crippen LogP contribution in [0.25, 0.3) is 0 Å². The van der Waals surface area contributed by atoms with Crippen LogP contribution in [0, 0.1) is 6.92 Å². The molecule has 0 aliphatic heterocycles. The van der Waals surface area contributed by atoms with Crippen molar-refractivity contribution < 1.29 is 0 Å². The Hall–Kier alpha value is -1.94. The van der Waals surface area contributed by atoms with Crippen molar-refractivity contribution in [2.45, 2.75) is 39.3 Å². The van der Waals surface area contributed by atoms with E-state index in [1.807, 2.05) is 44.4 Å². The molecule has 2 aromatic rings. The van der Waals surface area contributed by atoms with Gasteiger partial charge in [-0.15, -0.1) is 0 Å². The summed E-state index contributed by atoms with van der Waals surface area (Å²) >= 11 is 0. The number of anilines is 1. The minimum Gasteiger partial charge on any atom is -0.354 e. The van der Waals surface area contributed by atoms with E-state index in [2.05, 4.69) is 27.9 Å². The van der Waals surface area contributed by atoms with Gasteiger partial charge in [-0.25, -0.2) is 4.98 Å². The summed E-state index contributed by atoms with van der Waals surface area (Å²) in [6.45, 7) is 4.87. The molecule has 0 aliphatic carbocycles. The minimum atomic E-state index is 0.215. The number of hydrogen-bond donors (Lipinski definition) is 1. The molecule has 0 spiro atoms. The fraction of sp³-hybridized carbons (Fsp3) is 0.412. The number of aromatic nitrogens is 2. The second-order valence-electron chi connectivity index (χ2n) is 5.52. The van der Waals surface area contributed by atoms with Crippen LogP contribution in [0.4, 0.5) is 5.82 Å². The Morgan fingerprint density at radius 1 is 1.24 bits per heavy atom. The van der Waals surface area contributed by atoms with E-state index in [0.29, 0.717) is 0 Å². The zero-order valence-electron chi connectivity index (χ0n) is 13.1. The lowest BCUT2D eigenvalue weighted by atomic mass is 10.1. The first-order valence-electron chi connectivity index (χ1n) is 7.42. The van der Waals surface area contributed by atoms with Crippen LogP contribution < -0.4 is 10.6 Å². The zero-order chi connectivity index (χ0) is 15.2. The van der Waals surface area contributed by atoms with Gasteiger partial charge in [0.2, 0.25) is 0 Å². The number of nitrogens with two attached hydrogens (primary N) is 1. The molecule has 0 saturated heterocycles. The fourth-order valence-electron chi connectivity index (χ4n) is 2.22. The van der Waals surface area contributed by atoms with Gasteiger partial charge in [-0.05, 0) is 43.5 Å². The van der Waals surface area contributed by atoms with E-state index in [1.54, 1.807) is 0 Å². The molecule has 1 atom stereocenters. The number of rotatable bonds is 6. The van der Waals surface area contributed by atoms with Gasteiger partial charge in [0, 0.05) is 25.0 Å². The molecule has 0 aliphatic rings. The van der Waals surface area contributed by atoms with Crippen molar-refractivity contribution in [3.8, 4) is 0 Å². The SMILES string of the molecule is CCC(N)Cc1ccc(N(C)Cc2cccc(C)n2)nc1. The van der Waals surface area contributed by atoms with Crippen molar-refractivity contribution in [3.63, 3.8) is 0 Å². The van der Waals surface area contributed by atoms with Gasteiger partial charge < -0.3 is 10.6 Å². The molecule has 0 amide bonds. The summed E-state index contributed by atoms with van der Waals surface area (Å²) in [6, 6.07) is 10.5. The van der Waals surface area contributed by atoms with Gasteiger partial charge in [0.25, 0.3) is 0 Å². The summed E-state index contributed by atoms with van der Waals surface area (Å²) in [7, 11) is 2.03. The molecule has 112 valence electrons. The Labute approximate surface area is 127 Å². The highest BCUT2D eigenvalue weighted by atomic mass is 15.2. The van der Waals surface area contributed by atoms with Crippen molar-refractivity contribution in [3.05, 3.63) is 53.5 Å². The van der Waals surface area contributed by atoms with Crippen molar-refractivity contribution in [2.75, 3.05) is 11.9 Å². The molecule has 0 fully saturated rings. The molecular weight excluding hydrogens is 260 g/mol. The summed E-state index contributed by atoms with van der Waals surface area (Å²) in [4.78, 5) is 11.2. The van der Waals surface area contributed by atoms with E-state index in [1.165, 1.54) is 5.56 Å². The highest BCUT2D eigenvalue weighted by Gasteiger charge is 2.06. The molecule has 2 aromatic heterocycles. The van der Waals surface area contributed by atoms with Gasteiger partial charge >= 0.3 is 0 Å². The summed E-state index contributed by atoms with van der Waals surface area (Å²) in [5, 5.41) is 0. The quantitative estimate of drug-likeness (QED) is 0.886. The molecule has 1 unspecified atom stereocenters. The number of pyridine rings is 2. The highest BCUT2D eigenvalue weighted by Crippen LogP contribution is 2.13. The molecule has 0 aromatic carbocycles. The zero-order valence-corrected chi connectivity index (χ0v) is 13.1. The van der Waals surface area contributed by atoms with Gasteiger partial charge in [-0.2, -0.15) is 0 Å². The topological polar surface area (TPSA) is 55.0 Å². The molecule has 21 heavy (non-hydrogen) atoms. The largest absolute Gasteiger partial charge is 0.354 e. The molecule has 2 rings (SSSR count). The van der Waals surface area contributed by atoms with E-state index >= 15 is 0 Å². The Morgan fingerprint density at radius 3 is 2.67 bits per heavy atom. The van der Waals surface area contributed by atoms with Crippen molar-refractivity contribution in [2.24, 2.45) is 5.73 Å². The molecule has 0 radical (unpaired) electrons. The van der Waals surface area contributed by atoms with Crippen molar-refractivity contribution >= 4 is 5.82 Å². The first-order chi connectivity index (χ1) is 10.1. The Bertz CT molecular complexity index is 565. The van der Waals surface area contributed by atoms with Crippen LogP contribution in [0.2, 0.25) is 0 Å². The third-order valence-electron chi connectivity index (χ3n) is 3.57. The average Bonchev–Trinajstić information content (AvgIpc) is 2.47. The van der Waals surface area contributed by atoms with Gasteiger partial charge in [0.05, 0.1) is 12.2 Å². The maximum absolute atomic E-state index is 5.97. The molecule has 4 nitrogen and oxygen atoms in total. The lowest BCUT2D eigenvalue weighted by Gasteiger charge is -2.18. The van der Waals surface area contributed by atoms with Crippen molar-refractivity contribution in [1.82, 2.24) is 9.97 Å². The van der Waals surface area contributed by atoms with E-state index < -0.39 is 0 Å². The smallest absolute Gasteiger partial charge is 0.128 e. The number of aryl methyl sites for hydroxylation is 1. The fourth-order valence-corrected chi connectivity index (χ4v) is 2.22. The van der Waals surface area contributed by atoms with Crippen molar-refractivity contribution in [1.29, 1.82) is 0 Å². The second kappa shape index (κ2) is 7.18. The van der Waals surface area contributed by atoms with Gasteiger partial charge in [-0.3, -0.25) is 4.98 Å². The third kappa shape index (κ3) is 4.53. The van der Waals surface area contributed by atoms with Gasteiger partial charge in [0.1, 0.15) is 5.82 Å². The maximum Gasteiger partial charge on any atom is 0.128 e. The number of hydrogen-bond acceptors (Lipinski definition) is 4. The average molecular weight is 284 g/mol. The normalized spacial score (nSPS) is 12.2. The summed E-state index contributed by atoms with van der Waals surface area (Å²) in [5.74, 6) is 0.951. The van der Waals surface area contributed by atoms with E-state index in [9.17, 15) is 0 Å². The second-order valence-corrected chi connectivity index (χ2v) is 5.52. The van der Waals surface area contributed by atoms with Gasteiger partial charge in [0.15, 0.2) is 0 Å². The lowest BCUT2D eigenvalue weighted by molar-refractivity contribution is 0.645. The molecular formula is C17H24N4. The molecule has 0 saturated carbocycles. The first-order valence-corrected chi connectivity index (χ1v) is 7.42. The Balaban J connectivity index is 2.01. The predicted octanol–water partition coefficient (Wildman–Crippen LogP) is 2.70. The number of nitrogens with zero attached hydrogens (tertiary/aromatic N) is 3. The predicted molar refractivity (Wildman–Crippen MR) is 87.3 cm³/mol. The van der Waals surface area contributed by atoms with Crippen LogP contribution in [0.1, 0.15) is 30.3 Å². The highest BCUT2D eigenvalue weighted by molar-refractivity contribution is 5.39. The Kier molecular flexibility index (Phi) is 5.28. The molecule has 2 N–H and O–H groups in total. The standard InChI is InChI=1S/C17H24N4/c1-4-15(18)10-14-8-9-17(19-11-14)21(3)12-16-7-5-6-13(2)20-16/h5-9,11,15H,4,10,12,18H2,1-3H3. The van der Waals surface area contributed by atoms with Crippen LogP contribution in [0.5, 0.6) is 0 Å². The van der Waals surface area contributed by atoms with Crippen LogP contribution in [0.3, 0.4) is 0 Å². The molecule has 2 heterocycles. The van der Waals surface area contributed by atoms with E-state index in [4.69, 9.17) is 5.73 Å². The lowest BCUT2D eigenvalue weighted by Crippen LogP contribution is -2.22.